The Morgan fingerprint density at radius 1 is 1.05 bits per heavy atom. The summed E-state index contributed by atoms with van der Waals surface area (Å²) in [4.78, 5) is 44.1. The first-order valence-electron chi connectivity index (χ1n) is 5.26. The van der Waals surface area contributed by atoms with Crippen molar-refractivity contribution in [1.29, 1.82) is 0 Å². The topological polar surface area (TPSA) is 133 Å². The molecule has 0 radical (unpaired) electrons. The van der Waals surface area contributed by atoms with Crippen molar-refractivity contribution in [1.82, 2.24) is 10.6 Å². The molecule has 0 aromatic rings. The van der Waals surface area contributed by atoms with Gasteiger partial charge in [0.15, 0.2) is 0 Å². The number of carbonyl (C=O) groups is 4. The fourth-order valence-electron chi connectivity index (χ4n) is 1.42. The maximum atomic E-state index is 11.7. The fourth-order valence-corrected chi connectivity index (χ4v) is 1.42. The summed E-state index contributed by atoms with van der Waals surface area (Å²) in [5.41, 5.74) is 0.00348. The van der Waals surface area contributed by atoms with Crippen molar-refractivity contribution in [2.75, 3.05) is 13.1 Å². The molecule has 0 fully saturated rings. The molecule has 0 saturated heterocycles. The van der Waals surface area contributed by atoms with Gasteiger partial charge in [-0.2, -0.15) is 0 Å². The number of carboxylic acids is 2. The summed E-state index contributed by atoms with van der Waals surface area (Å²) in [5, 5.41) is 21.9. The van der Waals surface area contributed by atoms with Gasteiger partial charge in [0, 0.05) is 5.57 Å². The SMILES string of the molecule is CC1=CC(NCC(=O)O)=C(NCC(=O)O)C(=O)C1=O. The molecule has 4 N–H and O–H groups in total. The van der Waals surface area contributed by atoms with Crippen LogP contribution in [0.4, 0.5) is 0 Å². The number of Topliss-reactive ketones (excluding diaryl/α,β-unsaturated/α-hetero) is 2. The maximum absolute atomic E-state index is 11.7. The quantitative estimate of drug-likeness (QED) is 0.343. The first kappa shape index (κ1) is 14.4. The minimum absolute atomic E-state index is 0.0887. The van der Waals surface area contributed by atoms with Gasteiger partial charge in [-0.15, -0.1) is 0 Å². The first-order chi connectivity index (χ1) is 8.82. The Hall–Kier alpha value is -2.64. The lowest BCUT2D eigenvalue weighted by atomic mass is 9.98. The Morgan fingerprint density at radius 2 is 1.58 bits per heavy atom. The van der Waals surface area contributed by atoms with Gasteiger partial charge in [-0.3, -0.25) is 19.2 Å². The highest BCUT2D eigenvalue weighted by atomic mass is 16.4. The lowest BCUT2D eigenvalue weighted by molar-refractivity contribution is -0.137. The molecule has 0 aromatic heterocycles. The summed E-state index contributed by atoms with van der Waals surface area (Å²) in [5.74, 6) is -4.01. The summed E-state index contributed by atoms with van der Waals surface area (Å²) in [7, 11) is 0. The molecule has 102 valence electrons. The highest BCUT2D eigenvalue weighted by Gasteiger charge is 2.28. The third-order valence-electron chi connectivity index (χ3n) is 2.27. The predicted octanol–water partition coefficient (Wildman–Crippen LogP) is -1.36. The molecule has 1 aliphatic carbocycles. The number of hydrogen-bond donors (Lipinski definition) is 4. The van der Waals surface area contributed by atoms with Crippen LogP contribution in [0.1, 0.15) is 6.92 Å². The van der Waals surface area contributed by atoms with Crippen LogP contribution in [0.3, 0.4) is 0 Å². The number of aliphatic carboxylic acids is 2. The summed E-state index contributed by atoms with van der Waals surface area (Å²) >= 11 is 0. The molecule has 0 heterocycles. The molecule has 19 heavy (non-hydrogen) atoms. The Morgan fingerprint density at radius 3 is 2.11 bits per heavy atom. The van der Waals surface area contributed by atoms with Gasteiger partial charge in [0.2, 0.25) is 5.78 Å². The highest BCUT2D eigenvalue weighted by Crippen LogP contribution is 2.14. The van der Waals surface area contributed by atoms with E-state index < -0.39 is 36.6 Å². The van der Waals surface area contributed by atoms with Crippen molar-refractivity contribution in [3.8, 4) is 0 Å². The zero-order chi connectivity index (χ0) is 14.6. The van der Waals surface area contributed by atoms with Gasteiger partial charge in [-0.05, 0) is 13.0 Å². The minimum atomic E-state index is -1.21. The zero-order valence-electron chi connectivity index (χ0n) is 10.0. The standard InChI is InChI=1S/C11H12N2O6/c1-5-2-6(12-3-7(14)15)9(11(19)10(5)18)13-4-8(16)17/h2,12-13H,3-4H2,1H3,(H,14,15)(H,16,17). The van der Waals surface area contributed by atoms with Crippen molar-refractivity contribution in [3.05, 3.63) is 23.0 Å². The van der Waals surface area contributed by atoms with Crippen molar-refractivity contribution in [2.24, 2.45) is 0 Å². The van der Waals surface area contributed by atoms with E-state index in [9.17, 15) is 19.2 Å². The van der Waals surface area contributed by atoms with Gasteiger partial charge in [0.1, 0.15) is 18.8 Å². The molecule has 8 heteroatoms. The zero-order valence-corrected chi connectivity index (χ0v) is 10.0. The molecule has 0 unspecified atom stereocenters. The number of rotatable bonds is 6. The van der Waals surface area contributed by atoms with Crippen molar-refractivity contribution >= 4 is 23.5 Å². The molecule has 8 nitrogen and oxygen atoms in total. The van der Waals surface area contributed by atoms with E-state index in [2.05, 4.69) is 10.6 Å². The third-order valence-corrected chi connectivity index (χ3v) is 2.27. The Labute approximate surface area is 107 Å². The van der Waals surface area contributed by atoms with Gasteiger partial charge >= 0.3 is 11.9 Å². The van der Waals surface area contributed by atoms with Crippen LogP contribution in [-0.4, -0.2) is 46.8 Å². The second-order valence-electron chi connectivity index (χ2n) is 3.77. The highest BCUT2D eigenvalue weighted by molar-refractivity contribution is 6.49. The van der Waals surface area contributed by atoms with Crippen LogP contribution in [0.5, 0.6) is 0 Å². The van der Waals surface area contributed by atoms with E-state index in [1.165, 1.54) is 13.0 Å². The lowest BCUT2D eigenvalue weighted by Gasteiger charge is -2.18. The third kappa shape index (κ3) is 3.66. The normalized spacial score (nSPS) is 15.1. The molecule has 0 atom stereocenters. The lowest BCUT2D eigenvalue weighted by Crippen LogP contribution is -2.37. The van der Waals surface area contributed by atoms with Gasteiger partial charge in [0.05, 0.1) is 5.70 Å². The summed E-state index contributed by atoms with van der Waals surface area (Å²) in [6.45, 7) is 0.398. The molecule has 0 bridgehead atoms. The van der Waals surface area contributed by atoms with Crippen LogP contribution < -0.4 is 10.6 Å². The number of carbonyl (C=O) groups excluding carboxylic acids is 2. The number of nitrogens with one attached hydrogen (secondary N) is 2. The van der Waals surface area contributed by atoms with E-state index >= 15 is 0 Å². The van der Waals surface area contributed by atoms with Crippen molar-refractivity contribution in [2.45, 2.75) is 6.92 Å². The molecule has 0 aliphatic heterocycles. The largest absolute Gasteiger partial charge is 0.480 e. The first-order valence-corrected chi connectivity index (χ1v) is 5.26. The monoisotopic (exact) mass is 268 g/mol. The molecule has 0 saturated carbocycles. The fraction of sp³-hybridized carbons (Fsp3) is 0.273. The maximum Gasteiger partial charge on any atom is 0.322 e. The smallest absolute Gasteiger partial charge is 0.322 e. The molecule has 1 aliphatic rings. The van der Waals surface area contributed by atoms with Crippen molar-refractivity contribution in [3.63, 3.8) is 0 Å². The number of hydrogen-bond acceptors (Lipinski definition) is 6. The van der Waals surface area contributed by atoms with Crippen LogP contribution in [0.15, 0.2) is 23.0 Å². The summed E-state index contributed by atoms with van der Waals surface area (Å²) < 4.78 is 0. The average Bonchev–Trinajstić information content (AvgIpc) is 2.32. The van der Waals surface area contributed by atoms with E-state index in [1.807, 2.05) is 0 Å². The molecule has 0 spiro atoms. The van der Waals surface area contributed by atoms with Gasteiger partial charge in [-0.25, -0.2) is 0 Å². The van der Waals surface area contributed by atoms with E-state index in [0.717, 1.165) is 0 Å². The summed E-state index contributed by atoms with van der Waals surface area (Å²) in [6, 6.07) is 0. The van der Waals surface area contributed by atoms with Gasteiger partial charge < -0.3 is 20.8 Å². The number of ketones is 2. The number of allylic oxidation sites excluding steroid dienone is 3. The van der Waals surface area contributed by atoms with E-state index in [0.29, 0.717) is 0 Å². The Bertz CT molecular complexity index is 517. The van der Waals surface area contributed by atoms with Crippen molar-refractivity contribution < 1.29 is 29.4 Å². The Kier molecular flexibility index (Phi) is 4.41. The van der Waals surface area contributed by atoms with Crippen LogP contribution in [0.25, 0.3) is 0 Å². The van der Waals surface area contributed by atoms with Crippen LogP contribution >= 0.6 is 0 Å². The average molecular weight is 268 g/mol. The number of carboxylic acid groups (broad SMARTS) is 2. The summed E-state index contributed by atoms with van der Waals surface area (Å²) in [6.07, 6.45) is 1.30. The Balaban J connectivity index is 3.03. The van der Waals surface area contributed by atoms with Crippen LogP contribution in [0, 0.1) is 0 Å². The second-order valence-corrected chi connectivity index (χ2v) is 3.77. The predicted molar refractivity (Wildman–Crippen MR) is 62.1 cm³/mol. The van der Waals surface area contributed by atoms with Crippen LogP contribution in [-0.2, 0) is 19.2 Å². The molecule has 0 amide bonds. The van der Waals surface area contributed by atoms with E-state index in [-0.39, 0.29) is 17.0 Å². The molecule has 0 aromatic carbocycles. The minimum Gasteiger partial charge on any atom is -0.480 e. The van der Waals surface area contributed by atoms with Gasteiger partial charge in [0.25, 0.3) is 5.78 Å². The molecular formula is C11H12N2O6. The second kappa shape index (κ2) is 5.80. The molecular weight excluding hydrogens is 256 g/mol. The van der Waals surface area contributed by atoms with Gasteiger partial charge in [-0.1, -0.05) is 0 Å². The van der Waals surface area contributed by atoms with Crippen LogP contribution in [0.2, 0.25) is 0 Å². The van der Waals surface area contributed by atoms with E-state index in [1.54, 1.807) is 0 Å². The van der Waals surface area contributed by atoms with E-state index in [4.69, 9.17) is 10.2 Å². The molecule has 1 rings (SSSR count).